The molecule has 1 amide bonds. The van der Waals surface area contributed by atoms with Gasteiger partial charge >= 0.3 is 0 Å². The lowest BCUT2D eigenvalue weighted by Gasteiger charge is -2.26. The molecule has 5 heteroatoms. The smallest absolute Gasteiger partial charge is 0.223 e. The third kappa shape index (κ3) is 3.62. The highest BCUT2D eigenvalue weighted by molar-refractivity contribution is 5.79. The van der Waals surface area contributed by atoms with Gasteiger partial charge < -0.3 is 10.4 Å². The normalized spacial score (nSPS) is 22.5. The topological polar surface area (TPSA) is 67.2 Å². The van der Waals surface area contributed by atoms with Gasteiger partial charge in [0, 0.05) is 18.3 Å². The zero-order valence-electron chi connectivity index (χ0n) is 13.4. The standard InChI is InChI=1S/C18H23N3O2/c1-13(20-18(23)14-7-9-15(22)10-8-14)16-5-2-3-6-17(16)21-12-4-11-19-21/h2-6,11-15,22H,7-10H2,1H3,(H,20,23)/t13-,14?,15?/m1/s1. The Kier molecular flexibility index (Phi) is 4.76. The summed E-state index contributed by atoms with van der Waals surface area (Å²) in [7, 11) is 0. The van der Waals surface area contributed by atoms with Gasteiger partial charge in [0.1, 0.15) is 0 Å². The van der Waals surface area contributed by atoms with E-state index in [0.717, 1.165) is 36.9 Å². The van der Waals surface area contributed by atoms with E-state index in [0.29, 0.717) is 0 Å². The summed E-state index contributed by atoms with van der Waals surface area (Å²) in [6.07, 6.45) is 6.37. The predicted molar refractivity (Wildman–Crippen MR) is 88.1 cm³/mol. The van der Waals surface area contributed by atoms with Crippen LogP contribution in [0.25, 0.3) is 5.69 Å². The van der Waals surface area contributed by atoms with E-state index in [-0.39, 0.29) is 24.0 Å². The Morgan fingerprint density at radius 1 is 1.26 bits per heavy atom. The lowest BCUT2D eigenvalue weighted by molar-refractivity contribution is -0.127. The van der Waals surface area contributed by atoms with Crippen LogP contribution in [0.3, 0.4) is 0 Å². The Morgan fingerprint density at radius 2 is 2.00 bits per heavy atom. The van der Waals surface area contributed by atoms with Crippen molar-refractivity contribution >= 4 is 5.91 Å². The molecule has 2 aromatic rings. The molecule has 1 aliphatic rings. The van der Waals surface area contributed by atoms with Gasteiger partial charge in [-0.3, -0.25) is 4.79 Å². The fourth-order valence-electron chi connectivity index (χ4n) is 3.22. The fraction of sp³-hybridized carbons (Fsp3) is 0.444. The van der Waals surface area contributed by atoms with E-state index in [1.165, 1.54) is 0 Å². The molecule has 1 aliphatic carbocycles. The Hall–Kier alpha value is -2.14. The Bertz CT molecular complexity index is 646. The van der Waals surface area contributed by atoms with Gasteiger partial charge in [-0.15, -0.1) is 0 Å². The number of hydrogen-bond donors (Lipinski definition) is 2. The van der Waals surface area contributed by atoms with Crippen molar-refractivity contribution in [2.75, 3.05) is 0 Å². The molecule has 1 heterocycles. The predicted octanol–water partition coefficient (Wildman–Crippen LogP) is 2.60. The summed E-state index contributed by atoms with van der Waals surface area (Å²) in [4.78, 5) is 12.5. The largest absolute Gasteiger partial charge is 0.393 e. The van der Waals surface area contributed by atoms with Crippen molar-refractivity contribution in [2.24, 2.45) is 5.92 Å². The average molecular weight is 313 g/mol. The molecular formula is C18H23N3O2. The van der Waals surface area contributed by atoms with Gasteiger partial charge in [0.2, 0.25) is 5.91 Å². The zero-order chi connectivity index (χ0) is 16.2. The van der Waals surface area contributed by atoms with Crippen LogP contribution in [0, 0.1) is 5.92 Å². The lowest BCUT2D eigenvalue weighted by atomic mass is 9.86. The van der Waals surface area contributed by atoms with Crippen molar-refractivity contribution in [3.63, 3.8) is 0 Å². The van der Waals surface area contributed by atoms with Crippen LogP contribution in [0.15, 0.2) is 42.7 Å². The SMILES string of the molecule is C[C@@H](NC(=O)C1CCC(O)CC1)c1ccccc1-n1cccn1. The maximum absolute atomic E-state index is 12.5. The summed E-state index contributed by atoms with van der Waals surface area (Å²) in [5, 5.41) is 17.0. The Balaban J connectivity index is 1.71. The van der Waals surface area contributed by atoms with Crippen LogP contribution in [-0.2, 0) is 4.79 Å². The molecule has 122 valence electrons. The van der Waals surface area contributed by atoms with E-state index >= 15 is 0 Å². The van der Waals surface area contributed by atoms with Gasteiger partial charge in [-0.1, -0.05) is 18.2 Å². The summed E-state index contributed by atoms with van der Waals surface area (Å²) in [5.74, 6) is 0.0948. The fourth-order valence-corrected chi connectivity index (χ4v) is 3.22. The van der Waals surface area contributed by atoms with E-state index in [4.69, 9.17) is 0 Å². The molecule has 0 spiro atoms. The minimum Gasteiger partial charge on any atom is -0.393 e. The third-order valence-electron chi connectivity index (χ3n) is 4.58. The monoisotopic (exact) mass is 313 g/mol. The van der Waals surface area contributed by atoms with Gasteiger partial charge in [-0.2, -0.15) is 5.10 Å². The molecule has 1 aromatic carbocycles. The Labute approximate surface area is 136 Å². The summed E-state index contributed by atoms with van der Waals surface area (Å²) >= 11 is 0. The summed E-state index contributed by atoms with van der Waals surface area (Å²) < 4.78 is 1.81. The molecule has 2 N–H and O–H groups in total. The van der Waals surface area contributed by atoms with Crippen LogP contribution >= 0.6 is 0 Å². The second-order valence-electron chi connectivity index (χ2n) is 6.25. The van der Waals surface area contributed by atoms with Crippen LogP contribution in [0.1, 0.15) is 44.2 Å². The first-order valence-electron chi connectivity index (χ1n) is 8.22. The summed E-state index contributed by atoms with van der Waals surface area (Å²) in [6.45, 7) is 2.00. The molecule has 5 nitrogen and oxygen atoms in total. The minimum atomic E-state index is -0.239. The van der Waals surface area contributed by atoms with Gasteiger partial charge in [0.05, 0.1) is 17.8 Å². The molecule has 1 fully saturated rings. The van der Waals surface area contributed by atoms with Crippen LogP contribution in [-0.4, -0.2) is 26.9 Å². The van der Waals surface area contributed by atoms with Crippen molar-refractivity contribution < 1.29 is 9.90 Å². The van der Waals surface area contributed by atoms with Gasteiger partial charge in [-0.05, 0) is 50.3 Å². The van der Waals surface area contributed by atoms with Crippen molar-refractivity contribution in [1.82, 2.24) is 15.1 Å². The molecule has 3 rings (SSSR count). The van der Waals surface area contributed by atoms with Gasteiger partial charge in [-0.25, -0.2) is 4.68 Å². The van der Waals surface area contributed by atoms with Crippen LogP contribution < -0.4 is 5.32 Å². The highest BCUT2D eigenvalue weighted by atomic mass is 16.3. The number of nitrogens with zero attached hydrogens (tertiary/aromatic N) is 2. The molecule has 1 atom stereocenters. The highest BCUT2D eigenvalue weighted by Gasteiger charge is 2.26. The molecule has 0 radical (unpaired) electrons. The van der Waals surface area contributed by atoms with Crippen LogP contribution in [0.5, 0.6) is 0 Å². The van der Waals surface area contributed by atoms with E-state index in [9.17, 15) is 9.90 Å². The third-order valence-corrected chi connectivity index (χ3v) is 4.58. The van der Waals surface area contributed by atoms with Crippen molar-refractivity contribution in [1.29, 1.82) is 0 Å². The molecule has 1 saturated carbocycles. The lowest BCUT2D eigenvalue weighted by Crippen LogP contribution is -2.35. The molecule has 0 unspecified atom stereocenters. The molecule has 0 saturated heterocycles. The quantitative estimate of drug-likeness (QED) is 0.912. The first kappa shape index (κ1) is 15.7. The number of amides is 1. The van der Waals surface area contributed by atoms with Crippen LogP contribution in [0.2, 0.25) is 0 Å². The number of carbonyl (C=O) groups is 1. The number of nitrogens with one attached hydrogen (secondary N) is 1. The van der Waals surface area contributed by atoms with Crippen LogP contribution in [0.4, 0.5) is 0 Å². The second-order valence-corrected chi connectivity index (χ2v) is 6.25. The van der Waals surface area contributed by atoms with Crippen molar-refractivity contribution in [3.8, 4) is 5.69 Å². The average Bonchev–Trinajstić information content (AvgIpc) is 3.09. The van der Waals surface area contributed by atoms with Gasteiger partial charge in [0.15, 0.2) is 0 Å². The molecule has 23 heavy (non-hydrogen) atoms. The molecule has 0 aliphatic heterocycles. The molecule has 0 bridgehead atoms. The number of benzene rings is 1. The number of para-hydroxylation sites is 1. The van der Waals surface area contributed by atoms with E-state index in [1.807, 2.05) is 48.1 Å². The van der Waals surface area contributed by atoms with E-state index in [1.54, 1.807) is 6.20 Å². The first-order valence-corrected chi connectivity index (χ1v) is 8.22. The number of carbonyl (C=O) groups excluding carboxylic acids is 1. The zero-order valence-corrected chi connectivity index (χ0v) is 13.4. The Morgan fingerprint density at radius 3 is 2.70 bits per heavy atom. The number of aliphatic hydroxyl groups excluding tert-OH is 1. The number of hydrogen-bond acceptors (Lipinski definition) is 3. The molecular weight excluding hydrogens is 290 g/mol. The number of aliphatic hydroxyl groups is 1. The maximum atomic E-state index is 12.5. The summed E-state index contributed by atoms with van der Waals surface area (Å²) in [6, 6.07) is 9.76. The van der Waals surface area contributed by atoms with E-state index in [2.05, 4.69) is 10.4 Å². The second kappa shape index (κ2) is 6.96. The van der Waals surface area contributed by atoms with E-state index < -0.39 is 0 Å². The number of aromatic nitrogens is 2. The number of rotatable bonds is 4. The van der Waals surface area contributed by atoms with Crippen molar-refractivity contribution in [2.45, 2.75) is 44.8 Å². The summed E-state index contributed by atoms with van der Waals surface area (Å²) in [5.41, 5.74) is 2.02. The highest BCUT2D eigenvalue weighted by Crippen LogP contribution is 2.26. The molecule has 1 aromatic heterocycles. The maximum Gasteiger partial charge on any atom is 0.223 e. The van der Waals surface area contributed by atoms with Gasteiger partial charge in [0.25, 0.3) is 0 Å². The van der Waals surface area contributed by atoms with Crippen molar-refractivity contribution in [3.05, 3.63) is 48.3 Å². The first-order chi connectivity index (χ1) is 11.1. The minimum absolute atomic E-state index is 0.0118.